The van der Waals surface area contributed by atoms with Gasteiger partial charge in [0.1, 0.15) is 0 Å². The molecule has 19 heavy (non-hydrogen) atoms. The third-order valence-electron chi connectivity index (χ3n) is 3.68. The molecule has 0 atom stereocenters. The van der Waals surface area contributed by atoms with Crippen molar-refractivity contribution < 1.29 is 4.79 Å². The number of thiophene rings is 1. The Kier molecular flexibility index (Phi) is 5.20. The Morgan fingerprint density at radius 1 is 1.42 bits per heavy atom. The summed E-state index contributed by atoms with van der Waals surface area (Å²) >= 11 is 1.63. The van der Waals surface area contributed by atoms with E-state index in [0.717, 1.165) is 24.3 Å². The molecular formula is C16H23NOS. The second-order valence-corrected chi connectivity index (χ2v) is 6.32. The predicted octanol–water partition coefficient (Wildman–Crippen LogP) is 4.24. The molecule has 1 aliphatic carbocycles. The van der Waals surface area contributed by atoms with Crippen molar-refractivity contribution in [1.29, 1.82) is 0 Å². The number of amides is 1. The Bertz CT molecular complexity index is 473. The average molecular weight is 277 g/mol. The van der Waals surface area contributed by atoms with Crippen LogP contribution in [0.25, 0.3) is 0 Å². The molecule has 0 aliphatic heterocycles. The van der Waals surface area contributed by atoms with E-state index in [-0.39, 0.29) is 5.91 Å². The lowest BCUT2D eigenvalue weighted by atomic mass is 9.97. The smallest absolute Gasteiger partial charge is 0.261 e. The van der Waals surface area contributed by atoms with E-state index in [9.17, 15) is 4.79 Å². The third-order valence-corrected chi connectivity index (χ3v) is 5.06. The Morgan fingerprint density at radius 2 is 2.26 bits per heavy atom. The number of carbonyl (C=O) groups excluding carboxylic acids is 1. The highest BCUT2D eigenvalue weighted by Crippen LogP contribution is 2.22. The van der Waals surface area contributed by atoms with Crippen LogP contribution in [-0.2, 0) is 6.42 Å². The van der Waals surface area contributed by atoms with Gasteiger partial charge in [0.2, 0.25) is 0 Å². The van der Waals surface area contributed by atoms with Crippen molar-refractivity contribution >= 4 is 17.2 Å². The van der Waals surface area contributed by atoms with Gasteiger partial charge in [-0.2, -0.15) is 0 Å². The van der Waals surface area contributed by atoms with Crippen LogP contribution in [0, 0.1) is 6.92 Å². The van der Waals surface area contributed by atoms with Crippen molar-refractivity contribution in [3.8, 4) is 0 Å². The molecule has 1 aromatic heterocycles. The molecule has 1 N–H and O–H groups in total. The summed E-state index contributed by atoms with van der Waals surface area (Å²) in [5.41, 5.74) is 2.76. The topological polar surface area (TPSA) is 29.1 Å². The van der Waals surface area contributed by atoms with Crippen molar-refractivity contribution in [2.45, 2.75) is 52.4 Å². The number of nitrogens with one attached hydrogen (secondary N) is 1. The van der Waals surface area contributed by atoms with E-state index in [0.29, 0.717) is 0 Å². The summed E-state index contributed by atoms with van der Waals surface area (Å²) in [6.07, 6.45) is 9.43. The van der Waals surface area contributed by atoms with Crippen LogP contribution in [0.15, 0.2) is 17.7 Å². The maximum Gasteiger partial charge on any atom is 0.261 e. The van der Waals surface area contributed by atoms with Crippen molar-refractivity contribution in [2.75, 3.05) is 6.54 Å². The highest BCUT2D eigenvalue weighted by Gasteiger charge is 2.11. The normalized spacial score (nSPS) is 15.2. The first-order valence-corrected chi connectivity index (χ1v) is 8.07. The van der Waals surface area contributed by atoms with E-state index >= 15 is 0 Å². The molecular weight excluding hydrogens is 254 g/mol. The summed E-state index contributed by atoms with van der Waals surface area (Å²) in [4.78, 5) is 14.2. The van der Waals surface area contributed by atoms with Crippen molar-refractivity contribution in [1.82, 2.24) is 5.32 Å². The molecule has 2 nitrogen and oxygen atoms in total. The molecule has 2 rings (SSSR count). The molecule has 3 heteroatoms. The van der Waals surface area contributed by atoms with E-state index in [4.69, 9.17) is 0 Å². The second kappa shape index (κ2) is 6.90. The van der Waals surface area contributed by atoms with Crippen LogP contribution in [0.1, 0.15) is 59.1 Å². The monoisotopic (exact) mass is 277 g/mol. The molecule has 0 radical (unpaired) electrons. The molecule has 0 fully saturated rings. The minimum Gasteiger partial charge on any atom is -0.351 e. The van der Waals surface area contributed by atoms with Gasteiger partial charge in [-0.15, -0.1) is 11.3 Å². The number of allylic oxidation sites excluding steroid dienone is 1. The first-order valence-electron chi connectivity index (χ1n) is 7.26. The first kappa shape index (κ1) is 14.3. The predicted molar refractivity (Wildman–Crippen MR) is 81.9 cm³/mol. The zero-order chi connectivity index (χ0) is 13.7. The number of rotatable bonds is 5. The van der Waals surface area contributed by atoms with Crippen LogP contribution in [0.4, 0.5) is 0 Å². The summed E-state index contributed by atoms with van der Waals surface area (Å²) < 4.78 is 0. The Labute approximate surface area is 119 Å². The SMILES string of the molecule is CCc1sc(C(=O)NCCC2=CCCCC2)cc1C. The van der Waals surface area contributed by atoms with Crippen LogP contribution in [0.3, 0.4) is 0 Å². The lowest BCUT2D eigenvalue weighted by Crippen LogP contribution is -2.24. The molecule has 0 spiro atoms. The Balaban J connectivity index is 1.82. The van der Waals surface area contributed by atoms with Crippen molar-refractivity contribution in [2.24, 2.45) is 0 Å². The highest BCUT2D eigenvalue weighted by atomic mass is 32.1. The summed E-state index contributed by atoms with van der Waals surface area (Å²) in [6, 6.07) is 2.01. The van der Waals surface area contributed by atoms with E-state index in [1.807, 2.05) is 6.07 Å². The largest absolute Gasteiger partial charge is 0.351 e. The minimum atomic E-state index is 0.0872. The van der Waals surface area contributed by atoms with Gasteiger partial charge in [-0.05, 0) is 57.1 Å². The lowest BCUT2D eigenvalue weighted by molar-refractivity contribution is 0.0958. The van der Waals surface area contributed by atoms with Gasteiger partial charge in [-0.3, -0.25) is 4.79 Å². The summed E-state index contributed by atoms with van der Waals surface area (Å²) in [6.45, 7) is 4.98. The molecule has 0 saturated heterocycles. The summed E-state index contributed by atoms with van der Waals surface area (Å²) in [7, 11) is 0. The molecule has 1 amide bonds. The first-order chi connectivity index (χ1) is 9.20. The van der Waals surface area contributed by atoms with Crippen LogP contribution < -0.4 is 5.32 Å². The summed E-state index contributed by atoms with van der Waals surface area (Å²) in [5.74, 6) is 0.0872. The molecule has 0 saturated carbocycles. The van der Waals surface area contributed by atoms with Gasteiger partial charge in [0.05, 0.1) is 4.88 Å². The maximum atomic E-state index is 12.0. The second-order valence-electron chi connectivity index (χ2n) is 5.18. The van der Waals surface area contributed by atoms with Gasteiger partial charge in [0.15, 0.2) is 0 Å². The highest BCUT2D eigenvalue weighted by molar-refractivity contribution is 7.14. The van der Waals surface area contributed by atoms with E-state index in [2.05, 4.69) is 25.2 Å². The maximum absolute atomic E-state index is 12.0. The fourth-order valence-electron chi connectivity index (χ4n) is 2.54. The molecule has 0 unspecified atom stereocenters. The van der Waals surface area contributed by atoms with Gasteiger partial charge in [0.25, 0.3) is 5.91 Å². The third kappa shape index (κ3) is 3.93. The lowest BCUT2D eigenvalue weighted by Gasteiger charge is -2.12. The fraction of sp³-hybridized carbons (Fsp3) is 0.562. The quantitative estimate of drug-likeness (QED) is 0.801. The zero-order valence-electron chi connectivity index (χ0n) is 11.9. The Morgan fingerprint density at radius 3 is 2.89 bits per heavy atom. The Hall–Kier alpha value is -1.09. The van der Waals surface area contributed by atoms with Crippen LogP contribution in [0.2, 0.25) is 0 Å². The van der Waals surface area contributed by atoms with Crippen LogP contribution in [-0.4, -0.2) is 12.5 Å². The minimum absolute atomic E-state index is 0.0872. The van der Waals surface area contributed by atoms with Crippen molar-refractivity contribution in [3.63, 3.8) is 0 Å². The van der Waals surface area contributed by atoms with Crippen LogP contribution >= 0.6 is 11.3 Å². The summed E-state index contributed by atoms with van der Waals surface area (Å²) in [5, 5.41) is 3.04. The van der Waals surface area contributed by atoms with E-state index in [1.165, 1.54) is 41.7 Å². The molecule has 104 valence electrons. The van der Waals surface area contributed by atoms with Gasteiger partial charge < -0.3 is 5.32 Å². The van der Waals surface area contributed by atoms with Crippen molar-refractivity contribution in [3.05, 3.63) is 33.0 Å². The van der Waals surface area contributed by atoms with E-state index in [1.54, 1.807) is 11.3 Å². The number of aryl methyl sites for hydroxylation is 2. The van der Waals surface area contributed by atoms with Crippen LogP contribution in [0.5, 0.6) is 0 Å². The molecule has 0 bridgehead atoms. The molecule has 1 heterocycles. The number of hydrogen-bond donors (Lipinski definition) is 1. The fourth-order valence-corrected chi connectivity index (χ4v) is 3.57. The average Bonchev–Trinajstić information content (AvgIpc) is 2.81. The van der Waals surface area contributed by atoms with Gasteiger partial charge in [0, 0.05) is 11.4 Å². The molecule has 0 aromatic carbocycles. The number of carbonyl (C=O) groups is 1. The van der Waals surface area contributed by atoms with Gasteiger partial charge >= 0.3 is 0 Å². The van der Waals surface area contributed by atoms with Gasteiger partial charge in [-0.25, -0.2) is 0 Å². The molecule has 1 aromatic rings. The van der Waals surface area contributed by atoms with Gasteiger partial charge in [-0.1, -0.05) is 18.6 Å². The number of hydrogen-bond acceptors (Lipinski definition) is 2. The standard InChI is InChI=1S/C16H23NOS/c1-3-14-12(2)11-15(19-14)16(18)17-10-9-13-7-5-4-6-8-13/h7,11H,3-6,8-10H2,1-2H3,(H,17,18). The zero-order valence-corrected chi connectivity index (χ0v) is 12.7. The molecule has 1 aliphatic rings. The van der Waals surface area contributed by atoms with E-state index < -0.39 is 0 Å².